The smallest absolute Gasteiger partial charge is 0.0724 e. The van der Waals surface area contributed by atoms with Gasteiger partial charge in [-0.05, 0) is 19.1 Å². The molecular weight excluding hydrogens is 200 g/mol. The van der Waals surface area contributed by atoms with Crippen LogP contribution in [0.5, 0.6) is 0 Å². The van der Waals surface area contributed by atoms with Crippen molar-refractivity contribution in [1.29, 1.82) is 0 Å². The fraction of sp³-hybridized carbons (Fsp3) is 0.250. The molecule has 0 aliphatic rings. The Morgan fingerprint density at radius 2 is 1.88 bits per heavy atom. The van der Waals surface area contributed by atoms with Crippen LogP contribution in [0, 0.1) is 6.92 Å². The SMILES string of the molecule is Cc1cnc(CNCc2ccccn2)cn1. The van der Waals surface area contributed by atoms with Crippen LogP contribution in [-0.4, -0.2) is 15.0 Å². The maximum atomic E-state index is 4.26. The molecule has 4 nitrogen and oxygen atoms in total. The monoisotopic (exact) mass is 214 g/mol. The van der Waals surface area contributed by atoms with E-state index in [4.69, 9.17) is 0 Å². The lowest BCUT2D eigenvalue weighted by molar-refractivity contribution is 0.664. The van der Waals surface area contributed by atoms with Gasteiger partial charge in [-0.15, -0.1) is 0 Å². The van der Waals surface area contributed by atoms with E-state index in [0.717, 1.165) is 23.6 Å². The lowest BCUT2D eigenvalue weighted by atomic mass is 10.3. The number of nitrogens with zero attached hydrogens (tertiary/aromatic N) is 3. The molecule has 0 unspecified atom stereocenters. The highest BCUT2D eigenvalue weighted by Crippen LogP contribution is 1.96. The highest BCUT2D eigenvalue weighted by Gasteiger charge is 1.96. The van der Waals surface area contributed by atoms with Crippen molar-refractivity contribution in [3.63, 3.8) is 0 Å². The van der Waals surface area contributed by atoms with Crippen LogP contribution in [0.25, 0.3) is 0 Å². The first-order valence-electron chi connectivity index (χ1n) is 5.23. The van der Waals surface area contributed by atoms with Gasteiger partial charge in [-0.25, -0.2) is 0 Å². The number of hydrogen-bond donors (Lipinski definition) is 1. The minimum absolute atomic E-state index is 0.712. The third-order valence-electron chi connectivity index (χ3n) is 2.17. The molecule has 0 aliphatic carbocycles. The Morgan fingerprint density at radius 1 is 1.00 bits per heavy atom. The molecule has 82 valence electrons. The van der Waals surface area contributed by atoms with Gasteiger partial charge in [-0.3, -0.25) is 15.0 Å². The van der Waals surface area contributed by atoms with Crippen molar-refractivity contribution in [3.8, 4) is 0 Å². The molecule has 0 amide bonds. The number of nitrogens with one attached hydrogen (secondary N) is 1. The first kappa shape index (κ1) is 10.7. The van der Waals surface area contributed by atoms with E-state index in [0.29, 0.717) is 6.54 Å². The Balaban J connectivity index is 1.82. The van der Waals surface area contributed by atoms with Gasteiger partial charge >= 0.3 is 0 Å². The summed E-state index contributed by atoms with van der Waals surface area (Å²) in [5, 5.41) is 3.27. The van der Waals surface area contributed by atoms with Gasteiger partial charge in [0.2, 0.25) is 0 Å². The van der Waals surface area contributed by atoms with Crippen molar-refractivity contribution >= 4 is 0 Å². The first-order valence-corrected chi connectivity index (χ1v) is 5.23. The van der Waals surface area contributed by atoms with E-state index in [-0.39, 0.29) is 0 Å². The van der Waals surface area contributed by atoms with Gasteiger partial charge in [0, 0.05) is 31.7 Å². The molecule has 0 fully saturated rings. The summed E-state index contributed by atoms with van der Waals surface area (Å²) in [5.41, 5.74) is 2.91. The normalized spacial score (nSPS) is 10.3. The van der Waals surface area contributed by atoms with E-state index in [2.05, 4.69) is 20.3 Å². The minimum atomic E-state index is 0.712. The highest BCUT2D eigenvalue weighted by molar-refractivity contribution is 5.04. The molecule has 4 heteroatoms. The zero-order valence-electron chi connectivity index (χ0n) is 9.22. The molecule has 0 spiro atoms. The zero-order valence-corrected chi connectivity index (χ0v) is 9.22. The van der Waals surface area contributed by atoms with Crippen molar-refractivity contribution in [2.45, 2.75) is 20.0 Å². The predicted molar refractivity (Wildman–Crippen MR) is 61.5 cm³/mol. The Labute approximate surface area is 94.8 Å². The van der Waals surface area contributed by atoms with Gasteiger partial charge in [0.05, 0.1) is 17.1 Å². The van der Waals surface area contributed by atoms with Crippen LogP contribution in [0.3, 0.4) is 0 Å². The number of pyridine rings is 1. The molecule has 0 saturated carbocycles. The van der Waals surface area contributed by atoms with Crippen molar-refractivity contribution in [2.24, 2.45) is 0 Å². The summed E-state index contributed by atoms with van der Waals surface area (Å²) >= 11 is 0. The fourth-order valence-corrected chi connectivity index (χ4v) is 1.33. The largest absolute Gasteiger partial charge is 0.305 e. The second-order valence-electron chi connectivity index (χ2n) is 3.57. The Morgan fingerprint density at radius 3 is 2.56 bits per heavy atom. The molecule has 0 bridgehead atoms. The van der Waals surface area contributed by atoms with Gasteiger partial charge in [-0.2, -0.15) is 0 Å². The lowest BCUT2D eigenvalue weighted by Gasteiger charge is -2.03. The van der Waals surface area contributed by atoms with Crippen LogP contribution < -0.4 is 5.32 Å². The number of hydrogen-bond acceptors (Lipinski definition) is 4. The van der Waals surface area contributed by atoms with Gasteiger partial charge in [-0.1, -0.05) is 6.07 Å². The molecule has 2 aromatic rings. The molecule has 2 rings (SSSR count). The second-order valence-corrected chi connectivity index (χ2v) is 3.57. The van der Waals surface area contributed by atoms with Crippen LogP contribution in [0.1, 0.15) is 17.1 Å². The Bertz CT molecular complexity index is 425. The first-order chi connectivity index (χ1) is 7.84. The molecule has 1 N–H and O–H groups in total. The third-order valence-corrected chi connectivity index (χ3v) is 2.17. The summed E-state index contributed by atoms with van der Waals surface area (Å²) in [6, 6.07) is 5.89. The minimum Gasteiger partial charge on any atom is -0.305 e. The molecule has 0 aromatic carbocycles. The highest BCUT2D eigenvalue weighted by atomic mass is 14.9. The zero-order chi connectivity index (χ0) is 11.2. The van der Waals surface area contributed by atoms with E-state index in [1.807, 2.05) is 25.1 Å². The molecule has 0 radical (unpaired) electrons. The molecule has 16 heavy (non-hydrogen) atoms. The van der Waals surface area contributed by atoms with Crippen LogP contribution >= 0.6 is 0 Å². The average Bonchev–Trinajstić information content (AvgIpc) is 2.33. The summed E-state index contributed by atoms with van der Waals surface area (Å²) < 4.78 is 0. The van der Waals surface area contributed by atoms with Crippen molar-refractivity contribution in [3.05, 3.63) is 53.9 Å². The summed E-state index contributed by atoms with van der Waals surface area (Å²) in [5.74, 6) is 0. The molecule has 2 aromatic heterocycles. The predicted octanol–water partition coefficient (Wildman–Crippen LogP) is 1.47. The van der Waals surface area contributed by atoms with Crippen molar-refractivity contribution < 1.29 is 0 Å². The van der Waals surface area contributed by atoms with Gasteiger partial charge in [0.1, 0.15) is 0 Å². The maximum absolute atomic E-state index is 4.26. The van der Waals surface area contributed by atoms with Crippen LogP contribution in [0.4, 0.5) is 0 Å². The van der Waals surface area contributed by atoms with E-state index < -0.39 is 0 Å². The molecule has 0 saturated heterocycles. The van der Waals surface area contributed by atoms with Crippen LogP contribution in [-0.2, 0) is 13.1 Å². The molecular formula is C12H14N4. The maximum Gasteiger partial charge on any atom is 0.0724 e. The average molecular weight is 214 g/mol. The summed E-state index contributed by atoms with van der Waals surface area (Å²) in [7, 11) is 0. The Kier molecular flexibility index (Phi) is 3.56. The molecule has 2 heterocycles. The van der Waals surface area contributed by atoms with E-state index in [1.165, 1.54) is 0 Å². The lowest BCUT2D eigenvalue weighted by Crippen LogP contribution is -2.14. The second kappa shape index (κ2) is 5.32. The quantitative estimate of drug-likeness (QED) is 0.837. The third kappa shape index (κ3) is 3.10. The number of aryl methyl sites for hydroxylation is 1. The Hall–Kier alpha value is -1.81. The summed E-state index contributed by atoms with van der Waals surface area (Å²) in [6.45, 7) is 3.39. The van der Waals surface area contributed by atoms with Gasteiger partial charge < -0.3 is 5.32 Å². The number of aromatic nitrogens is 3. The fourth-order valence-electron chi connectivity index (χ4n) is 1.33. The van der Waals surface area contributed by atoms with Gasteiger partial charge in [0.15, 0.2) is 0 Å². The van der Waals surface area contributed by atoms with E-state index in [1.54, 1.807) is 18.6 Å². The molecule has 0 atom stereocenters. The summed E-state index contributed by atoms with van der Waals surface area (Å²) in [6.07, 6.45) is 5.36. The standard InChI is InChI=1S/C12H14N4/c1-10-6-16-12(9-15-10)8-13-7-11-4-2-3-5-14-11/h2-6,9,13H,7-8H2,1H3. The number of rotatable bonds is 4. The van der Waals surface area contributed by atoms with Crippen LogP contribution in [0.15, 0.2) is 36.8 Å². The van der Waals surface area contributed by atoms with Gasteiger partial charge in [0.25, 0.3) is 0 Å². The topological polar surface area (TPSA) is 50.7 Å². The molecule has 0 aliphatic heterocycles. The van der Waals surface area contributed by atoms with Crippen molar-refractivity contribution in [2.75, 3.05) is 0 Å². The van der Waals surface area contributed by atoms with E-state index >= 15 is 0 Å². The summed E-state index contributed by atoms with van der Waals surface area (Å²) in [4.78, 5) is 12.7. The van der Waals surface area contributed by atoms with E-state index in [9.17, 15) is 0 Å². The van der Waals surface area contributed by atoms with Crippen molar-refractivity contribution in [1.82, 2.24) is 20.3 Å². The van der Waals surface area contributed by atoms with Crippen LogP contribution in [0.2, 0.25) is 0 Å².